The van der Waals surface area contributed by atoms with Gasteiger partial charge in [0.15, 0.2) is 23.2 Å². The summed E-state index contributed by atoms with van der Waals surface area (Å²) in [5.41, 5.74) is 1.17. The number of anilines is 1. The van der Waals surface area contributed by atoms with Crippen LogP contribution in [0.1, 0.15) is 22.4 Å². The Bertz CT molecular complexity index is 1220. The van der Waals surface area contributed by atoms with Crippen LogP contribution in [0.2, 0.25) is 0 Å². The van der Waals surface area contributed by atoms with E-state index in [1.165, 1.54) is 10.9 Å². The Morgan fingerprint density at radius 1 is 1.18 bits per heavy atom. The third-order valence-electron chi connectivity index (χ3n) is 5.07. The molecule has 0 bridgehead atoms. The molecule has 1 aliphatic heterocycles. The zero-order valence-corrected chi connectivity index (χ0v) is 18.4. The molecule has 2 aromatic heterocycles. The van der Waals surface area contributed by atoms with Gasteiger partial charge in [-0.3, -0.25) is 9.13 Å². The van der Waals surface area contributed by atoms with E-state index in [9.17, 15) is 24.7 Å². The lowest BCUT2D eigenvalue weighted by atomic mass is 10.1. The van der Waals surface area contributed by atoms with Crippen LogP contribution >= 0.6 is 7.60 Å². The van der Waals surface area contributed by atoms with E-state index in [1.54, 1.807) is 0 Å². The molecular weight excluding hydrogens is 473 g/mol. The van der Waals surface area contributed by atoms with E-state index in [0.717, 1.165) is 5.56 Å². The summed E-state index contributed by atoms with van der Waals surface area (Å²) in [6.45, 7) is -0.0647. The second-order valence-electron chi connectivity index (χ2n) is 7.58. The molecule has 1 aromatic carbocycles. The van der Waals surface area contributed by atoms with Gasteiger partial charge in [0.05, 0.1) is 12.9 Å². The average molecular weight is 495 g/mol. The Morgan fingerprint density at radius 2 is 1.91 bits per heavy atom. The molecule has 1 aliphatic rings. The number of benzene rings is 1. The molecule has 0 spiro atoms. The lowest BCUT2D eigenvalue weighted by molar-refractivity contribution is -0.0613. The first-order chi connectivity index (χ1) is 16.1. The third kappa shape index (κ3) is 5.23. The van der Waals surface area contributed by atoms with Gasteiger partial charge in [-0.05, 0) is 5.56 Å². The van der Waals surface area contributed by atoms with Gasteiger partial charge in [0.2, 0.25) is 5.82 Å². The van der Waals surface area contributed by atoms with Crippen molar-refractivity contribution >= 4 is 30.5 Å². The molecule has 1 fully saturated rings. The number of carbonyl (C=O) groups is 1. The van der Waals surface area contributed by atoms with Crippen molar-refractivity contribution in [3.63, 3.8) is 0 Å². The maximum atomic E-state index is 11.6. The number of rotatable bonds is 9. The molecule has 34 heavy (non-hydrogen) atoms. The van der Waals surface area contributed by atoms with Gasteiger partial charge in [-0.15, -0.1) is 0 Å². The summed E-state index contributed by atoms with van der Waals surface area (Å²) in [5.74, 6) is -1.74. The van der Waals surface area contributed by atoms with Crippen LogP contribution in [0.25, 0.3) is 11.2 Å². The number of aliphatic hydroxyl groups is 2. The van der Waals surface area contributed by atoms with Crippen molar-refractivity contribution in [2.45, 2.75) is 31.1 Å². The Balaban J connectivity index is 1.61. The molecular formula is C19H22N5O9P. The number of nitrogens with one attached hydrogen (secondary N) is 1. The van der Waals surface area contributed by atoms with Gasteiger partial charge in [0, 0.05) is 6.54 Å². The predicted molar refractivity (Wildman–Crippen MR) is 115 cm³/mol. The molecule has 15 heteroatoms. The number of carboxylic acid groups (broad SMARTS) is 1. The van der Waals surface area contributed by atoms with Crippen molar-refractivity contribution in [1.29, 1.82) is 0 Å². The minimum absolute atomic E-state index is 0.0380. The molecule has 3 heterocycles. The van der Waals surface area contributed by atoms with Gasteiger partial charge in [-0.2, -0.15) is 0 Å². The van der Waals surface area contributed by atoms with Gasteiger partial charge in [-0.25, -0.2) is 19.7 Å². The van der Waals surface area contributed by atoms with Crippen LogP contribution in [0.4, 0.5) is 5.82 Å². The fraction of sp³-hybridized carbons (Fsp3) is 0.368. The minimum atomic E-state index is -4.42. The van der Waals surface area contributed by atoms with Gasteiger partial charge >= 0.3 is 13.6 Å². The van der Waals surface area contributed by atoms with E-state index >= 15 is 0 Å². The van der Waals surface area contributed by atoms with Crippen molar-refractivity contribution in [3.05, 3.63) is 48.0 Å². The highest BCUT2D eigenvalue weighted by atomic mass is 31.2. The van der Waals surface area contributed by atoms with Crippen molar-refractivity contribution in [3.8, 4) is 0 Å². The van der Waals surface area contributed by atoms with Gasteiger partial charge in [0.25, 0.3) is 0 Å². The number of aromatic carboxylic acids is 1. The normalized spacial score (nSPS) is 22.8. The van der Waals surface area contributed by atoms with E-state index in [4.69, 9.17) is 19.3 Å². The number of aromatic nitrogens is 4. The molecule has 0 radical (unpaired) electrons. The summed E-state index contributed by atoms with van der Waals surface area (Å²) in [6.07, 6.45) is -4.87. The fourth-order valence-corrected chi connectivity index (χ4v) is 3.83. The maximum Gasteiger partial charge on any atom is 0.374 e. The molecule has 0 amide bonds. The molecule has 1 saturated heterocycles. The Kier molecular flexibility index (Phi) is 6.91. The Morgan fingerprint density at radius 3 is 2.59 bits per heavy atom. The Hall–Kier alpha value is -2.97. The van der Waals surface area contributed by atoms with Crippen molar-refractivity contribution in [1.82, 2.24) is 19.5 Å². The molecule has 4 atom stereocenters. The summed E-state index contributed by atoms with van der Waals surface area (Å²) in [4.78, 5) is 41.7. The molecule has 3 aromatic rings. The zero-order valence-electron chi connectivity index (χ0n) is 17.5. The molecule has 0 saturated carbocycles. The van der Waals surface area contributed by atoms with Crippen LogP contribution in [-0.4, -0.2) is 81.9 Å². The van der Waals surface area contributed by atoms with E-state index in [-0.39, 0.29) is 17.0 Å². The van der Waals surface area contributed by atoms with Crippen molar-refractivity contribution in [2.75, 3.05) is 18.3 Å². The second kappa shape index (κ2) is 9.72. The van der Waals surface area contributed by atoms with Crippen molar-refractivity contribution < 1.29 is 43.9 Å². The number of nitrogens with zero attached hydrogens (tertiary/aromatic N) is 4. The summed E-state index contributed by atoms with van der Waals surface area (Å²) in [6, 6.07) is 9.33. The van der Waals surface area contributed by atoms with E-state index in [1.807, 2.05) is 30.3 Å². The third-order valence-corrected chi connectivity index (χ3v) is 5.59. The lowest BCUT2D eigenvalue weighted by Crippen LogP contribution is -2.34. The highest BCUT2D eigenvalue weighted by molar-refractivity contribution is 7.51. The zero-order chi connectivity index (χ0) is 24.5. The molecule has 4 rings (SSSR count). The average Bonchev–Trinajstić information content (AvgIpc) is 3.33. The number of hydrogen-bond acceptors (Lipinski definition) is 10. The molecule has 14 nitrogen and oxygen atoms in total. The number of aliphatic hydroxyl groups excluding tert-OH is 2. The number of hydrogen-bond donors (Lipinski definition) is 6. The largest absolute Gasteiger partial charge is 0.475 e. The first kappa shape index (κ1) is 24.2. The van der Waals surface area contributed by atoms with E-state index in [2.05, 4.69) is 20.3 Å². The van der Waals surface area contributed by atoms with Crippen LogP contribution in [0, 0.1) is 0 Å². The highest BCUT2D eigenvalue weighted by Gasteiger charge is 2.44. The molecule has 6 N–H and O–H groups in total. The Labute approximate surface area is 192 Å². The first-order valence-corrected chi connectivity index (χ1v) is 11.8. The van der Waals surface area contributed by atoms with Crippen LogP contribution in [0.5, 0.6) is 0 Å². The molecule has 0 aliphatic carbocycles. The number of imidazole rings is 1. The first-order valence-electron chi connectivity index (χ1n) is 10.0. The highest BCUT2D eigenvalue weighted by Crippen LogP contribution is 2.36. The number of carboxylic acids is 1. The van der Waals surface area contributed by atoms with Gasteiger partial charge in [0.1, 0.15) is 24.7 Å². The summed E-state index contributed by atoms with van der Waals surface area (Å²) < 4.78 is 22.7. The quantitative estimate of drug-likeness (QED) is 0.215. The van der Waals surface area contributed by atoms with E-state index in [0.29, 0.717) is 6.54 Å². The molecule has 182 valence electrons. The van der Waals surface area contributed by atoms with Gasteiger partial charge in [-0.1, -0.05) is 30.3 Å². The van der Waals surface area contributed by atoms with Gasteiger partial charge < -0.3 is 39.9 Å². The van der Waals surface area contributed by atoms with Crippen LogP contribution in [-0.2, 0) is 20.6 Å². The van der Waals surface area contributed by atoms with E-state index < -0.39 is 56.9 Å². The fourth-order valence-electron chi connectivity index (χ4n) is 3.49. The second-order valence-corrected chi connectivity index (χ2v) is 9.16. The van der Waals surface area contributed by atoms with Crippen LogP contribution in [0.3, 0.4) is 0 Å². The SMILES string of the molecule is O=C(O)c1nc(NCc2ccccc2)c2ncn([C@@H]3O[C@H](COCP(=O)(O)O)[C@@H](O)[C@H]3O)c2n1. The number of fused-ring (bicyclic) bond motifs is 1. The topological polar surface area (TPSA) is 209 Å². The summed E-state index contributed by atoms with van der Waals surface area (Å²) in [5, 5.41) is 33.3. The smallest absolute Gasteiger partial charge is 0.374 e. The maximum absolute atomic E-state index is 11.6. The predicted octanol–water partition coefficient (Wildman–Crippen LogP) is -0.0924. The number of ether oxygens (including phenoxy) is 2. The minimum Gasteiger partial charge on any atom is -0.475 e. The van der Waals surface area contributed by atoms with Crippen LogP contribution in [0.15, 0.2) is 36.7 Å². The van der Waals surface area contributed by atoms with Crippen molar-refractivity contribution in [2.24, 2.45) is 0 Å². The lowest BCUT2D eigenvalue weighted by Gasteiger charge is -2.17. The monoisotopic (exact) mass is 495 g/mol. The summed E-state index contributed by atoms with van der Waals surface area (Å²) >= 11 is 0. The molecule has 0 unspecified atom stereocenters. The van der Waals surface area contributed by atoms with Crippen LogP contribution < -0.4 is 5.32 Å². The summed E-state index contributed by atoms with van der Waals surface area (Å²) in [7, 11) is -4.42. The standard InChI is InChI=1S/C19H22N5O9P/c25-13-11(7-32-9-34(29,30)31)33-18(14(13)26)24-8-21-12-15(20-6-10-4-2-1-3-5-10)22-16(19(27)28)23-17(12)24/h1-5,8,11,13-14,18,25-26H,6-7,9H2,(H,27,28)(H,20,22,23)(H2,29,30,31)/t11-,13-,14-,18-/m1/s1.